The Labute approximate surface area is 125 Å². The van der Waals surface area contributed by atoms with Crippen LogP contribution in [0.15, 0.2) is 30.3 Å². The van der Waals surface area contributed by atoms with Crippen LogP contribution >= 0.6 is 47.9 Å². The van der Waals surface area contributed by atoms with Crippen molar-refractivity contribution < 1.29 is 0 Å². The van der Waals surface area contributed by atoms with Gasteiger partial charge in [-0.3, -0.25) is 0 Å². The number of halogens is 4. The van der Waals surface area contributed by atoms with Gasteiger partial charge in [0.25, 0.3) is 0 Å². The van der Waals surface area contributed by atoms with Crippen LogP contribution < -0.4 is 5.73 Å². The first-order chi connectivity index (χ1) is 7.43. The average Bonchev–Trinajstić information content (AvgIpc) is 2.17. The molecule has 0 bridgehead atoms. The first-order valence-corrected chi connectivity index (χ1v) is 38.6. The Hall–Kier alpha value is 2.02. The zero-order valence-electron chi connectivity index (χ0n) is 8.80. The molecule has 0 spiro atoms. The average molecular weight is 676 g/mol. The molecule has 0 aliphatic rings. The molecule has 1 rings (SSSR count). The molecule has 16 heavy (non-hydrogen) atoms. The molecule has 1 aromatic rings. The van der Waals surface area contributed by atoms with Crippen molar-refractivity contribution in [2.45, 2.75) is 19.3 Å². The van der Waals surface area contributed by atoms with Gasteiger partial charge in [0.05, 0.1) is 0 Å². The Morgan fingerprint density at radius 3 is 1.88 bits per heavy atom. The van der Waals surface area contributed by atoms with Crippen molar-refractivity contribution in [1.29, 1.82) is 0 Å². The van der Waals surface area contributed by atoms with Crippen molar-refractivity contribution in [3.8, 4) is 0 Å². The topological polar surface area (TPSA) is 26.0 Å². The van der Waals surface area contributed by atoms with Crippen molar-refractivity contribution in [1.82, 2.24) is 0 Å². The summed E-state index contributed by atoms with van der Waals surface area (Å²) >= 11 is 11.4. The molecule has 0 amide bonds. The number of rotatable bonds is 4. The fourth-order valence-corrected chi connectivity index (χ4v) is 1.12. The molecule has 0 fully saturated rings. The van der Waals surface area contributed by atoms with Crippen LogP contribution in [0.1, 0.15) is 18.4 Å². The second-order valence-electron chi connectivity index (χ2n) is 3.16. The quantitative estimate of drug-likeness (QED) is 0.354. The summed E-state index contributed by atoms with van der Waals surface area (Å²) in [5, 5.41) is 0. The van der Waals surface area contributed by atoms with Crippen LogP contribution in [0.5, 0.6) is 0 Å². The second-order valence-corrected chi connectivity index (χ2v) is 104. The Morgan fingerprint density at radius 2 is 1.44 bits per heavy atom. The van der Waals surface area contributed by atoms with Crippen molar-refractivity contribution in [2.75, 3.05) is 6.54 Å². The third-order valence-electron chi connectivity index (χ3n) is 1.76. The molecule has 6 heteroatoms. The molecule has 0 saturated heterocycles. The standard InChI is InChI=1S/C10H15N.4BrH.Pb/c11-9-5-4-8-10-6-2-1-3-7-10;;;;;/h1-3,6-7H,4-5,8-9,11H2;4*1H;/q;;;;;+4/p-4. The fourth-order valence-electron chi connectivity index (χ4n) is 1.12. The van der Waals surface area contributed by atoms with Crippen molar-refractivity contribution in [3.05, 3.63) is 35.9 Å². The van der Waals surface area contributed by atoms with E-state index in [1.165, 1.54) is 12.0 Å². The molecule has 0 heterocycles. The van der Waals surface area contributed by atoms with Crippen LogP contribution in [0.3, 0.4) is 0 Å². The normalized spacial score (nSPS) is 10.6. The zero-order chi connectivity index (χ0) is 12.4. The molecule has 0 aliphatic carbocycles. The van der Waals surface area contributed by atoms with E-state index < -0.39 is 11.5 Å². The van der Waals surface area contributed by atoms with Crippen LogP contribution in [-0.2, 0) is 6.42 Å². The maximum absolute atomic E-state index is 5.39. The maximum atomic E-state index is 5.39. The third kappa shape index (κ3) is 16.0. The predicted molar refractivity (Wildman–Crippen MR) is 89.9 cm³/mol. The molecule has 2 N–H and O–H groups in total. The number of hydrogen-bond donors (Lipinski definition) is 1. The van der Waals surface area contributed by atoms with E-state index in [2.05, 4.69) is 72.2 Å². The molecule has 0 aliphatic heterocycles. The van der Waals surface area contributed by atoms with E-state index in [4.69, 9.17) is 5.73 Å². The molecule has 0 radical (unpaired) electrons. The van der Waals surface area contributed by atoms with E-state index in [1.54, 1.807) is 0 Å². The van der Waals surface area contributed by atoms with Crippen molar-refractivity contribution >= 4 is 59.5 Å². The van der Waals surface area contributed by atoms with Crippen LogP contribution in [0.2, 0.25) is 0 Å². The van der Waals surface area contributed by atoms with Gasteiger partial charge in [0, 0.05) is 0 Å². The van der Waals surface area contributed by atoms with Crippen LogP contribution in [0.25, 0.3) is 0 Å². The Kier molecular flexibility index (Phi) is 12.3. The predicted octanol–water partition coefficient (Wildman–Crippen LogP) is 4.97. The van der Waals surface area contributed by atoms with Gasteiger partial charge in [-0.05, 0) is 31.4 Å². The summed E-state index contributed by atoms with van der Waals surface area (Å²) in [6.45, 7) is 0.812. The van der Waals surface area contributed by atoms with E-state index in [-0.39, 0.29) is 0 Å². The molecular formula is C10H15Br4NPb. The summed E-state index contributed by atoms with van der Waals surface area (Å²) in [5.41, 5.74) is 6.81. The minimum atomic E-state index is -2.03. The van der Waals surface area contributed by atoms with Gasteiger partial charge < -0.3 is 5.73 Å². The molecule has 1 nitrogen and oxygen atoms in total. The molecule has 0 atom stereocenters. The van der Waals surface area contributed by atoms with E-state index in [9.17, 15) is 0 Å². The third-order valence-corrected chi connectivity index (χ3v) is 1.76. The molecule has 1 aromatic carbocycles. The fraction of sp³-hybridized carbons (Fsp3) is 0.400. The number of benzene rings is 1. The van der Waals surface area contributed by atoms with Gasteiger partial charge in [0.1, 0.15) is 0 Å². The van der Waals surface area contributed by atoms with Gasteiger partial charge in [-0.1, -0.05) is 30.3 Å². The Bertz CT molecular complexity index is 257. The number of nitrogens with two attached hydrogens (primary N) is 1. The zero-order valence-corrected chi connectivity index (χ0v) is 19.0. The second kappa shape index (κ2) is 10.9. The summed E-state index contributed by atoms with van der Waals surface area (Å²) in [4.78, 5) is 0. The van der Waals surface area contributed by atoms with Gasteiger partial charge in [0.15, 0.2) is 0 Å². The van der Waals surface area contributed by atoms with Gasteiger partial charge in [0.2, 0.25) is 0 Å². The number of unbranched alkanes of at least 4 members (excludes halogenated alkanes) is 1. The summed E-state index contributed by atoms with van der Waals surface area (Å²) in [7, 11) is 0. The Balaban J connectivity index is 0.000000385. The van der Waals surface area contributed by atoms with Gasteiger partial charge >= 0.3 is 59.5 Å². The summed E-state index contributed by atoms with van der Waals surface area (Å²) in [6.07, 6.45) is 3.51. The summed E-state index contributed by atoms with van der Waals surface area (Å²) in [6, 6.07) is 10.5. The van der Waals surface area contributed by atoms with Gasteiger partial charge in [-0.15, -0.1) is 0 Å². The van der Waals surface area contributed by atoms with E-state index in [1.807, 2.05) is 6.07 Å². The van der Waals surface area contributed by atoms with Crippen LogP contribution in [0.4, 0.5) is 0 Å². The summed E-state index contributed by atoms with van der Waals surface area (Å²) in [5.74, 6) is 0. The van der Waals surface area contributed by atoms with E-state index in [0.29, 0.717) is 0 Å². The van der Waals surface area contributed by atoms with Crippen molar-refractivity contribution in [3.63, 3.8) is 0 Å². The van der Waals surface area contributed by atoms with Gasteiger partial charge in [-0.25, -0.2) is 0 Å². The Morgan fingerprint density at radius 1 is 0.938 bits per heavy atom. The molecular weight excluding hydrogens is 661 g/mol. The SMILES string of the molecule is NCCCCc1ccccc1.[Br][Pb]([Br])([Br])[Br]. The van der Waals surface area contributed by atoms with E-state index >= 15 is 0 Å². The number of aryl methyl sites for hydroxylation is 1. The van der Waals surface area contributed by atoms with Crippen molar-refractivity contribution in [2.24, 2.45) is 5.73 Å². The monoisotopic (exact) mass is 673 g/mol. The molecule has 0 unspecified atom stereocenters. The van der Waals surface area contributed by atoms with Crippen LogP contribution in [0, 0.1) is 0 Å². The molecule has 0 saturated carbocycles. The molecule has 0 aromatic heterocycles. The summed E-state index contributed by atoms with van der Waals surface area (Å²) < 4.78 is 0. The van der Waals surface area contributed by atoms with Crippen LogP contribution in [-0.4, -0.2) is 18.1 Å². The first-order valence-electron chi connectivity index (χ1n) is 4.93. The molecule has 92 valence electrons. The van der Waals surface area contributed by atoms with E-state index in [0.717, 1.165) is 19.4 Å². The van der Waals surface area contributed by atoms with Gasteiger partial charge in [-0.2, -0.15) is 0 Å². The minimum absolute atomic E-state index is 0.812. The number of hydrogen-bond acceptors (Lipinski definition) is 1. The first kappa shape index (κ1) is 18.0.